The third-order valence-electron chi connectivity index (χ3n) is 3.26. The maximum atomic E-state index is 12.0. The van der Waals surface area contributed by atoms with Crippen LogP contribution >= 0.6 is 11.3 Å². The summed E-state index contributed by atoms with van der Waals surface area (Å²) in [5.74, 6) is 0.364. The second kappa shape index (κ2) is 4.74. The molecule has 0 spiro atoms. The zero-order chi connectivity index (χ0) is 13.4. The van der Waals surface area contributed by atoms with Crippen molar-refractivity contribution in [3.63, 3.8) is 0 Å². The van der Waals surface area contributed by atoms with Crippen LogP contribution < -0.4 is 4.90 Å². The number of hydrogen-bond acceptors (Lipinski definition) is 4. The Hall–Kier alpha value is -1.75. The van der Waals surface area contributed by atoms with Crippen molar-refractivity contribution in [3.8, 4) is 10.6 Å². The van der Waals surface area contributed by atoms with Crippen molar-refractivity contribution in [2.75, 3.05) is 11.9 Å². The molecule has 0 bridgehead atoms. The molecule has 0 saturated heterocycles. The number of rotatable bonds is 3. The van der Waals surface area contributed by atoms with Crippen molar-refractivity contribution in [1.29, 1.82) is 0 Å². The van der Waals surface area contributed by atoms with Crippen molar-refractivity contribution in [3.05, 3.63) is 29.8 Å². The molecule has 1 fully saturated rings. The molecular formula is C14H15N3OS. The molecule has 1 aromatic heterocycles. The van der Waals surface area contributed by atoms with Gasteiger partial charge in [0.05, 0.1) is 0 Å². The number of nitrogens with zero attached hydrogens (tertiary/aromatic N) is 3. The van der Waals surface area contributed by atoms with Crippen LogP contribution in [0.25, 0.3) is 10.6 Å². The topological polar surface area (TPSA) is 46.1 Å². The SMILES string of the molecule is Cc1ccc(-c2nnc(N(C)C(=O)C3CC3)s2)cc1. The molecule has 1 aliphatic carbocycles. The predicted molar refractivity (Wildman–Crippen MR) is 76.2 cm³/mol. The van der Waals surface area contributed by atoms with E-state index in [1.54, 1.807) is 11.9 Å². The molecule has 1 heterocycles. The van der Waals surface area contributed by atoms with Gasteiger partial charge in [0.25, 0.3) is 0 Å². The zero-order valence-corrected chi connectivity index (χ0v) is 11.8. The molecule has 0 N–H and O–H groups in total. The minimum Gasteiger partial charge on any atom is -0.290 e. The summed E-state index contributed by atoms with van der Waals surface area (Å²) in [4.78, 5) is 13.6. The van der Waals surface area contributed by atoms with Gasteiger partial charge in [-0.05, 0) is 19.8 Å². The highest BCUT2D eigenvalue weighted by atomic mass is 32.1. The number of anilines is 1. The van der Waals surface area contributed by atoms with Gasteiger partial charge >= 0.3 is 0 Å². The first kappa shape index (κ1) is 12.3. The minimum absolute atomic E-state index is 0.159. The summed E-state index contributed by atoms with van der Waals surface area (Å²) >= 11 is 1.46. The zero-order valence-electron chi connectivity index (χ0n) is 11.0. The lowest BCUT2D eigenvalue weighted by atomic mass is 10.2. The third-order valence-corrected chi connectivity index (χ3v) is 4.31. The van der Waals surface area contributed by atoms with E-state index in [1.165, 1.54) is 16.9 Å². The number of amides is 1. The Morgan fingerprint density at radius 3 is 2.58 bits per heavy atom. The predicted octanol–water partition coefficient (Wildman–Crippen LogP) is 2.89. The van der Waals surface area contributed by atoms with Crippen molar-refractivity contribution < 1.29 is 4.79 Å². The average molecular weight is 273 g/mol. The van der Waals surface area contributed by atoms with E-state index in [1.807, 2.05) is 12.1 Å². The van der Waals surface area contributed by atoms with Crippen LogP contribution in [0.1, 0.15) is 18.4 Å². The van der Waals surface area contributed by atoms with Crippen LogP contribution in [0.2, 0.25) is 0 Å². The molecule has 1 saturated carbocycles. The minimum atomic E-state index is 0.159. The molecule has 1 aromatic carbocycles. The number of carbonyl (C=O) groups is 1. The third kappa shape index (κ3) is 2.51. The van der Waals surface area contributed by atoms with E-state index in [0.717, 1.165) is 23.4 Å². The van der Waals surface area contributed by atoms with Crippen LogP contribution in [0.4, 0.5) is 5.13 Å². The summed E-state index contributed by atoms with van der Waals surface area (Å²) in [6, 6.07) is 8.16. The van der Waals surface area contributed by atoms with Crippen molar-refractivity contribution in [2.24, 2.45) is 5.92 Å². The van der Waals surface area contributed by atoms with Gasteiger partial charge in [-0.2, -0.15) is 0 Å². The molecule has 1 amide bonds. The van der Waals surface area contributed by atoms with Crippen molar-refractivity contribution >= 4 is 22.4 Å². The van der Waals surface area contributed by atoms with Crippen LogP contribution in [-0.2, 0) is 4.79 Å². The van der Waals surface area contributed by atoms with Gasteiger partial charge < -0.3 is 0 Å². The summed E-state index contributed by atoms with van der Waals surface area (Å²) in [6.45, 7) is 2.05. The average Bonchev–Trinajstić information content (AvgIpc) is 3.16. The van der Waals surface area contributed by atoms with E-state index >= 15 is 0 Å². The lowest BCUT2D eigenvalue weighted by molar-refractivity contribution is -0.119. The largest absolute Gasteiger partial charge is 0.290 e. The van der Waals surface area contributed by atoms with Crippen LogP contribution in [-0.4, -0.2) is 23.2 Å². The van der Waals surface area contributed by atoms with Crippen molar-refractivity contribution in [2.45, 2.75) is 19.8 Å². The Morgan fingerprint density at radius 2 is 1.95 bits per heavy atom. The highest BCUT2D eigenvalue weighted by Crippen LogP contribution is 2.34. The molecule has 0 radical (unpaired) electrons. The fourth-order valence-corrected chi connectivity index (χ4v) is 2.68. The van der Waals surface area contributed by atoms with Gasteiger partial charge in [0.2, 0.25) is 11.0 Å². The van der Waals surface area contributed by atoms with E-state index in [9.17, 15) is 4.79 Å². The highest BCUT2D eigenvalue weighted by Gasteiger charge is 2.33. The summed E-state index contributed by atoms with van der Waals surface area (Å²) in [7, 11) is 1.78. The summed E-state index contributed by atoms with van der Waals surface area (Å²) in [5, 5.41) is 9.82. The summed E-state index contributed by atoms with van der Waals surface area (Å²) < 4.78 is 0. The first-order chi connectivity index (χ1) is 9.15. The molecule has 4 nitrogen and oxygen atoms in total. The normalized spacial score (nSPS) is 14.4. The fraction of sp³-hybridized carbons (Fsp3) is 0.357. The smallest absolute Gasteiger partial charge is 0.231 e. The number of benzene rings is 1. The molecule has 5 heteroatoms. The maximum Gasteiger partial charge on any atom is 0.231 e. The van der Waals surface area contributed by atoms with Crippen LogP contribution in [0.15, 0.2) is 24.3 Å². The summed E-state index contributed by atoms with van der Waals surface area (Å²) in [5.41, 5.74) is 2.26. The Morgan fingerprint density at radius 1 is 1.26 bits per heavy atom. The monoisotopic (exact) mass is 273 g/mol. The van der Waals surface area contributed by atoms with E-state index in [-0.39, 0.29) is 11.8 Å². The molecular weight excluding hydrogens is 258 g/mol. The molecule has 3 rings (SSSR count). The fourth-order valence-electron chi connectivity index (χ4n) is 1.86. The Labute approximate surface area is 116 Å². The van der Waals surface area contributed by atoms with E-state index < -0.39 is 0 Å². The Kier molecular flexibility index (Phi) is 3.06. The second-order valence-corrected chi connectivity index (χ2v) is 5.88. The van der Waals surface area contributed by atoms with E-state index in [4.69, 9.17) is 0 Å². The number of hydrogen-bond donors (Lipinski definition) is 0. The quantitative estimate of drug-likeness (QED) is 0.864. The highest BCUT2D eigenvalue weighted by molar-refractivity contribution is 7.18. The first-order valence-corrected chi connectivity index (χ1v) is 7.15. The van der Waals surface area contributed by atoms with E-state index in [2.05, 4.69) is 29.3 Å². The molecule has 1 aliphatic rings. The molecule has 98 valence electrons. The maximum absolute atomic E-state index is 12.0. The van der Waals surface area contributed by atoms with Gasteiger partial charge in [-0.15, -0.1) is 10.2 Å². The number of carbonyl (C=O) groups excluding carboxylic acids is 1. The number of aryl methyl sites for hydroxylation is 1. The molecule has 0 atom stereocenters. The first-order valence-electron chi connectivity index (χ1n) is 6.33. The lowest BCUT2D eigenvalue weighted by Gasteiger charge is -2.11. The standard InChI is InChI=1S/C14H15N3OS/c1-9-3-5-10(6-4-9)12-15-16-14(19-12)17(2)13(18)11-7-8-11/h3-6,11H,7-8H2,1-2H3. The van der Waals surface area contributed by atoms with Crippen LogP contribution in [0, 0.1) is 12.8 Å². The van der Waals surface area contributed by atoms with Gasteiger partial charge in [0, 0.05) is 18.5 Å². The van der Waals surface area contributed by atoms with Crippen LogP contribution in [0.3, 0.4) is 0 Å². The summed E-state index contributed by atoms with van der Waals surface area (Å²) in [6.07, 6.45) is 2.01. The van der Waals surface area contributed by atoms with Crippen LogP contribution in [0.5, 0.6) is 0 Å². The van der Waals surface area contributed by atoms with E-state index in [0.29, 0.717) is 5.13 Å². The molecule has 0 aliphatic heterocycles. The lowest BCUT2D eigenvalue weighted by Crippen LogP contribution is -2.27. The van der Waals surface area contributed by atoms with Gasteiger partial charge in [0.1, 0.15) is 5.01 Å². The van der Waals surface area contributed by atoms with Crippen molar-refractivity contribution in [1.82, 2.24) is 10.2 Å². The Balaban J connectivity index is 1.82. The van der Waals surface area contributed by atoms with Gasteiger partial charge in [-0.25, -0.2) is 0 Å². The Bertz CT molecular complexity index is 601. The van der Waals surface area contributed by atoms with Gasteiger partial charge in [-0.1, -0.05) is 41.2 Å². The second-order valence-electron chi connectivity index (χ2n) is 4.93. The molecule has 19 heavy (non-hydrogen) atoms. The molecule has 0 unspecified atom stereocenters. The van der Waals surface area contributed by atoms with Gasteiger partial charge in [-0.3, -0.25) is 9.69 Å². The number of aromatic nitrogens is 2. The molecule has 2 aromatic rings. The van der Waals surface area contributed by atoms with Gasteiger partial charge in [0.15, 0.2) is 0 Å².